The molecule has 164 valence electrons. The quantitative estimate of drug-likeness (QED) is 0.578. The number of hydrogen-bond acceptors (Lipinski definition) is 4. The molecule has 4 rings (SSSR count). The minimum absolute atomic E-state index is 0.105. The molecule has 0 bridgehead atoms. The topological polar surface area (TPSA) is 81.1 Å². The second kappa shape index (κ2) is 9.73. The van der Waals surface area contributed by atoms with E-state index in [0.717, 1.165) is 24.1 Å². The third kappa shape index (κ3) is 4.85. The van der Waals surface area contributed by atoms with Crippen molar-refractivity contribution in [3.05, 3.63) is 99.2 Å². The van der Waals surface area contributed by atoms with E-state index in [1.807, 2.05) is 19.1 Å². The lowest BCUT2D eigenvalue weighted by molar-refractivity contribution is 0.0940. The van der Waals surface area contributed by atoms with Crippen LogP contribution in [0.15, 0.2) is 65.7 Å². The normalized spacial score (nSPS) is 13.8. The van der Waals surface area contributed by atoms with Gasteiger partial charge in [0.2, 0.25) is 0 Å². The number of carbonyl (C=O) groups excluding carboxylic acids is 2. The van der Waals surface area contributed by atoms with Gasteiger partial charge in [0.05, 0.1) is 17.6 Å². The minimum atomic E-state index is -0.343. The first-order valence-corrected chi connectivity index (χ1v) is 11.1. The Bertz CT molecular complexity index is 1180. The molecule has 0 saturated heterocycles. The molecule has 6 nitrogen and oxygen atoms in total. The number of carbonyl (C=O) groups is 2. The predicted molar refractivity (Wildman–Crippen MR) is 123 cm³/mol. The Hall–Kier alpha value is -3.54. The lowest BCUT2D eigenvalue weighted by Gasteiger charge is -2.12. The molecule has 0 atom stereocenters. The van der Waals surface area contributed by atoms with Crippen LogP contribution in [0.25, 0.3) is 0 Å². The Labute approximate surface area is 187 Å². The molecule has 0 radical (unpaired) electrons. The maximum absolute atomic E-state index is 12.9. The second-order valence-corrected chi connectivity index (χ2v) is 8.32. The van der Waals surface area contributed by atoms with Crippen molar-refractivity contribution in [2.75, 3.05) is 6.54 Å². The third-order valence-electron chi connectivity index (χ3n) is 6.04. The van der Waals surface area contributed by atoms with Crippen molar-refractivity contribution in [1.82, 2.24) is 14.9 Å². The molecule has 0 aliphatic heterocycles. The van der Waals surface area contributed by atoms with Crippen molar-refractivity contribution >= 4 is 11.7 Å². The number of benzene rings is 2. The van der Waals surface area contributed by atoms with E-state index in [4.69, 9.17) is 0 Å². The van der Waals surface area contributed by atoms with Gasteiger partial charge in [0.1, 0.15) is 0 Å². The van der Waals surface area contributed by atoms with Crippen molar-refractivity contribution in [3.8, 4) is 0 Å². The second-order valence-electron chi connectivity index (χ2n) is 8.32. The number of aryl methyl sites for hydroxylation is 1. The van der Waals surface area contributed by atoms with Gasteiger partial charge in [0, 0.05) is 36.2 Å². The largest absolute Gasteiger partial charge is 0.350 e. The fourth-order valence-corrected chi connectivity index (χ4v) is 4.18. The molecule has 1 N–H and O–H groups in total. The molecular weight excluding hydrogens is 402 g/mol. The molecule has 2 aromatic carbocycles. The highest BCUT2D eigenvalue weighted by Gasteiger charge is 2.20. The maximum Gasteiger partial charge on any atom is 0.253 e. The van der Waals surface area contributed by atoms with Crippen LogP contribution in [0.3, 0.4) is 0 Å². The minimum Gasteiger partial charge on any atom is -0.350 e. The molecule has 1 saturated carbocycles. The van der Waals surface area contributed by atoms with Crippen LogP contribution in [-0.4, -0.2) is 27.8 Å². The van der Waals surface area contributed by atoms with E-state index in [0.29, 0.717) is 29.2 Å². The van der Waals surface area contributed by atoms with Gasteiger partial charge < -0.3 is 5.32 Å². The Morgan fingerprint density at radius 3 is 2.41 bits per heavy atom. The fraction of sp³-hybridized carbons (Fsp3) is 0.308. The number of hydrogen-bond donors (Lipinski definition) is 1. The summed E-state index contributed by atoms with van der Waals surface area (Å²) in [6, 6.07) is 15.7. The van der Waals surface area contributed by atoms with Crippen LogP contribution in [0, 0.1) is 6.92 Å². The number of ketones is 1. The van der Waals surface area contributed by atoms with Crippen LogP contribution in [-0.2, 0) is 6.54 Å². The first-order chi connectivity index (χ1) is 15.5. The lowest BCUT2D eigenvalue weighted by Crippen LogP contribution is -2.32. The zero-order valence-corrected chi connectivity index (χ0v) is 18.2. The van der Waals surface area contributed by atoms with Gasteiger partial charge in [0.25, 0.3) is 11.5 Å². The van der Waals surface area contributed by atoms with Gasteiger partial charge in [-0.2, -0.15) is 0 Å². The molecule has 3 aromatic rings. The van der Waals surface area contributed by atoms with Gasteiger partial charge in [-0.1, -0.05) is 60.9 Å². The molecule has 1 aromatic heterocycles. The van der Waals surface area contributed by atoms with E-state index in [2.05, 4.69) is 10.3 Å². The average molecular weight is 430 g/mol. The number of rotatable bonds is 7. The maximum atomic E-state index is 12.9. The van der Waals surface area contributed by atoms with E-state index < -0.39 is 0 Å². The van der Waals surface area contributed by atoms with Crippen LogP contribution < -0.4 is 10.9 Å². The van der Waals surface area contributed by atoms with Gasteiger partial charge in [-0.15, -0.1) is 0 Å². The van der Waals surface area contributed by atoms with E-state index in [1.165, 1.54) is 17.4 Å². The summed E-state index contributed by atoms with van der Waals surface area (Å²) in [7, 11) is 0. The number of aromatic nitrogens is 2. The Balaban J connectivity index is 1.41. The highest BCUT2D eigenvalue weighted by Crippen LogP contribution is 2.32. The zero-order chi connectivity index (χ0) is 22.5. The van der Waals surface area contributed by atoms with Crippen molar-refractivity contribution < 1.29 is 9.59 Å². The monoisotopic (exact) mass is 429 g/mol. The fourth-order valence-electron chi connectivity index (χ4n) is 4.18. The smallest absolute Gasteiger partial charge is 0.253 e. The number of amides is 1. The van der Waals surface area contributed by atoms with Gasteiger partial charge in [-0.3, -0.25) is 19.0 Å². The van der Waals surface area contributed by atoms with Crippen LogP contribution in [0.2, 0.25) is 0 Å². The van der Waals surface area contributed by atoms with E-state index in [1.54, 1.807) is 48.8 Å². The summed E-state index contributed by atoms with van der Waals surface area (Å²) < 4.78 is 1.50. The van der Waals surface area contributed by atoms with Crippen molar-refractivity contribution in [2.45, 2.75) is 45.1 Å². The number of nitrogens with one attached hydrogen (secondary N) is 1. The first kappa shape index (κ1) is 21.7. The zero-order valence-electron chi connectivity index (χ0n) is 18.2. The van der Waals surface area contributed by atoms with Crippen LogP contribution in [0.4, 0.5) is 0 Å². The lowest BCUT2D eigenvalue weighted by atomic mass is 9.97. The van der Waals surface area contributed by atoms with E-state index >= 15 is 0 Å². The Morgan fingerprint density at radius 1 is 1.03 bits per heavy atom. The summed E-state index contributed by atoms with van der Waals surface area (Å²) in [5.41, 5.74) is 3.04. The summed E-state index contributed by atoms with van der Waals surface area (Å²) >= 11 is 0. The van der Waals surface area contributed by atoms with Crippen LogP contribution in [0.1, 0.15) is 69.1 Å². The van der Waals surface area contributed by atoms with Crippen molar-refractivity contribution in [1.29, 1.82) is 0 Å². The molecule has 1 heterocycles. The number of nitrogens with zero attached hydrogens (tertiary/aromatic N) is 2. The summed E-state index contributed by atoms with van der Waals surface area (Å²) in [5.74, 6) is -0.150. The van der Waals surface area contributed by atoms with Crippen molar-refractivity contribution in [3.63, 3.8) is 0 Å². The molecular formula is C26H27N3O3. The van der Waals surface area contributed by atoms with Crippen molar-refractivity contribution in [2.24, 2.45) is 0 Å². The molecule has 6 heteroatoms. The summed E-state index contributed by atoms with van der Waals surface area (Å²) in [5, 5.41) is 2.82. The summed E-state index contributed by atoms with van der Waals surface area (Å²) in [6.07, 6.45) is 6.13. The first-order valence-electron chi connectivity index (χ1n) is 11.1. The molecule has 1 amide bonds. The predicted octanol–water partition coefficient (Wildman–Crippen LogP) is 3.87. The SMILES string of the molecule is Cc1ccc(C(=O)c2ccccc2C(=O)NCCn2cnc(C3CCCC3)cc2=O)cc1. The molecule has 0 unspecified atom stereocenters. The Kier molecular flexibility index (Phi) is 6.59. The molecule has 1 aliphatic rings. The molecule has 0 spiro atoms. The highest BCUT2D eigenvalue weighted by atomic mass is 16.2. The third-order valence-corrected chi connectivity index (χ3v) is 6.04. The summed E-state index contributed by atoms with van der Waals surface area (Å²) in [6.45, 7) is 2.53. The van der Waals surface area contributed by atoms with E-state index in [-0.39, 0.29) is 23.8 Å². The van der Waals surface area contributed by atoms with Crippen LogP contribution >= 0.6 is 0 Å². The van der Waals surface area contributed by atoms with Gasteiger partial charge >= 0.3 is 0 Å². The Morgan fingerprint density at radius 2 is 1.72 bits per heavy atom. The molecule has 32 heavy (non-hydrogen) atoms. The average Bonchev–Trinajstić information content (AvgIpc) is 3.35. The molecule has 1 fully saturated rings. The van der Waals surface area contributed by atoms with Crippen LogP contribution in [0.5, 0.6) is 0 Å². The standard InChI is InChI=1S/C26H27N3O3/c1-18-10-12-20(13-11-18)25(31)21-8-4-5-9-22(21)26(32)27-14-15-29-17-28-23(16-24(29)30)19-6-2-3-7-19/h4-5,8-13,16-17,19H,2-3,6-7,14-15H2,1H3,(H,27,32). The van der Waals surface area contributed by atoms with E-state index in [9.17, 15) is 14.4 Å². The summed E-state index contributed by atoms with van der Waals surface area (Å²) in [4.78, 5) is 42.6. The van der Waals surface area contributed by atoms with Gasteiger partial charge in [-0.25, -0.2) is 4.98 Å². The van der Waals surface area contributed by atoms with Gasteiger partial charge in [-0.05, 0) is 25.8 Å². The highest BCUT2D eigenvalue weighted by molar-refractivity contribution is 6.15. The van der Waals surface area contributed by atoms with Gasteiger partial charge in [0.15, 0.2) is 5.78 Å². The molecule has 1 aliphatic carbocycles.